The van der Waals surface area contributed by atoms with E-state index in [0.717, 1.165) is 39.4 Å². The third-order valence-corrected chi connectivity index (χ3v) is 11.8. The molecule has 282 valence electrons. The predicted octanol–water partition coefficient (Wildman–Crippen LogP) is 16.1. The van der Waals surface area contributed by atoms with Gasteiger partial charge in [-0.15, -0.1) is 0 Å². The lowest BCUT2D eigenvalue weighted by Gasteiger charge is -2.31. The molecule has 11 aromatic rings. The average Bonchev–Trinajstić information content (AvgIpc) is 3.66. The van der Waals surface area contributed by atoms with Crippen molar-refractivity contribution in [2.24, 2.45) is 0 Å². The van der Waals surface area contributed by atoms with Crippen molar-refractivity contribution in [2.75, 3.05) is 4.90 Å². The van der Waals surface area contributed by atoms with Crippen molar-refractivity contribution in [2.45, 2.75) is 0 Å². The molecule has 0 saturated carbocycles. The SMILES string of the molecule is c1ccc(-c2ccc(N(c3ccc4c5ccccc5n(-c5ccccc5-c5ccccc5)c4c3)c3ccc4ccccc4c3-c3ccccc3)c(-c3ccccc3)c2)cc1. The molecule has 0 aliphatic heterocycles. The lowest BCUT2D eigenvalue weighted by molar-refractivity contribution is 1.18. The van der Waals surface area contributed by atoms with Crippen LogP contribution in [0.1, 0.15) is 0 Å². The summed E-state index contributed by atoms with van der Waals surface area (Å²) in [7, 11) is 0. The molecule has 0 amide bonds. The number of benzene rings is 10. The van der Waals surface area contributed by atoms with E-state index < -0.39 is 0 Å². The quantitative estimate of drug-likeness (QED) is 0.150. The molecule has 1 heterocycles. The summed E-state index contributed by atoms with van der Waals surface area (Å²) in [5, 5.41) is 4.85. The topological polar surface area (TPSA) is 8.17 Å². The van der Waals surface area contributed by atoms with Crippen molar-refractivity contribution < 1.29 is 0 Å². The summed E-state index contributed by atoms with van der Waals surface area (Å²) in [5.41, 5.74) is 16.1. The summed E-state index contributed by atoms with van der Waals surface area (Å²) in [4.78, 5) is 2.50. The van der Waals surface area contributed by atoms with Gasteiger partial charge < -0.3 is 9.47 Å². The third-order valence-electron chi connectivity index (χ3n) is 11.8. The largest absolute Gasteiger partial charge is 0.309 e. The number of fused-ring (bicyclic) bond motifs is 4. The van der Waals surface area contributed by atoms with Crippen molar-refractivity contribution >= 4 is 49.6 Å². The first-order valence-electron chi connectivity index (χ1n) is 20.6. The Hall–Kier alpha value is -7.94. The Labute approximate surface area is 350 Å². The van der Waals surface area contributed by atoms with Gasteiger partial charge in [-0.1, -0.05) is 200 Å². The number of nitrogens with zero attached hydrogens (tertiary/aromatic N) is 2. The van der Waals surface area contributed by atoms with Gasteiger partial charge in [0.1, 0.15) is 0 Å². The Kier molecular flexibility index (Phi) is 8.87. The van der Waals surface area contributed by atoms with Crippen LogP contribution in [0.3, 0.4) is 0 Å². The zero-order valence-corrected chi connectivity index (χ0v) is 33.0. The van der Waals surface area contributed by atoms with Crippen LogP contribution in [0.4, 0.5) is 17.1 Å². The molecule has 1 aromatic heterocycles. The van der Waals surface area contributed by atoms with Gasteiger partial charge in [0.2, 0.25) is 0 Å². The first-order chi connectivity index (χ1) is 29.8. The van der Waals surface area contributed by atoms with E-state index in [9.17, 15) is 0 Å². The van der Waals surface area contributed by atoms with Gasteiger partial charge in [0.05, 0.1) is 28.1 Å². The van der Waals surface area contributed by atoms with E-state index in [4.69, 9.17) is 0 Å². The van der Waals surface area contributed by atoms with Crippen LogP contribution in [0.25, 0.3) is 82.8 Å². The van der Waals surface area contributed by atoms with Crippen LogP contribution in [0.2, 0.25) is 0 Å². The van der Waals surface area contributed by atoms with Crippen LogP contribution in [-0.2, 0) is 0 Å². The number of aromatic nitrogens is 1. The Morgan fingerprint density at radius 3 is 1.58 bits per heavy atom. The molecule has 2 heteroatoms. The number of anilines is 3. The van der Waals surface area contributed by atoms with E-state index in [1.807, 2.05) is 0 Å². The smallest absolute Gasteiger partial charge is 0.0562 e. The molecule has 0 radical (unpaired) electrons. The highest BCUT2D eigenvalue weighted by Gasteiger charge is 2.24. The average molecular weight is 765 g/mol. The predicted molar refractivity (Wildman–Crippen MR) is 255 cm³/mol. The van der Waals surface area contributed by atoms with Gasteiger partial charge in [0.25, 0.3) is 0 Å². The van der Waals surface area contributed by atoms with Crippen LogP contribution in [0.15, 0.2) is 243 Å². The van der Waals surface area contributed by atoms with Gasteiger partial charge in [0.15, 0.2) is 0 Å². The van der Waals surface area contributed by atoms with Crippen LogP contribution >= 0.6 is 0 Å². The molecular formula is C58H40N2. The van der Waals surface area contributed by atoms with Crippen LogP contribution < -0.4 is 4.90 Å². The van der Waals surface area contributed by atoms with E-state index in [1.165, 1.54) is 60.4 Å². The fourth-order valence-electron chi connectivity index (χ4n) is 9.04. The number of rotatable bonds is 8. The van der Waals surface area contributed by atoms with E-state index in [0.29, 0.717) is 0 Å². The molecule has 0 saturated heterocycles. The first kappa shape index (κ1) is 35.2. The molecule has 0 N–H and O–H groups in total. The van der Waals surface area contributed by atoms with Crippen molar-refractivity contribution in [1.82, 2.24) is 4.57 Å². The summed E-state index contributed by atoms with van der Waals surface area (Å²) in [6.07, 6.45) is 0. The van der Waals surface area contributed by atoms with Gasteiger partial charge >= 0.3 is 0 Å². The molecule has 2 nitrogen and oxygen atoms in total. The summed E-state index contributed by atoms with van der Waals surface area (Å²) in [6.45, 7) is 0. The molecule has 0 fully saturated rings. The van der Waals surface area contributed by atoms with Crippen LogP contribution in [-0.4, -0.2) is 4.57 Å². The highest BCUT2D eigenvalue weighted by atomic mass is 15.2. The second-order valence-corrected chi connectivity index (χ2v) is 15.3. The zero-order chi connectivity index (χ0) is 39.8. The minimum Gasteiger partial charge on any atom is -0.309 e. The molecule has 11 rings (SSSR count). The monoisotopic (exact) mass is 764 g/mol. The fourth-order valence-corrected chi connectivity index (χ4v) is 9.04. The summed E-state index contributed by atoms with van der Waals surface area (Å²) < 4.78 is 2.46. The molecule has 60 heavy (non-hydrogen) atoms. The summed E-state index contributed by atoms with van der Waals surface area (Å²) in [6, 6.07) is 88.1. The minimum absolute atomic E-state index is 1.07. The second kappa shape index (κ2) is 15.1. The first-order valence-corrected chi connectivity index (χ1v) is 20.6. The molecule has 0 aliphatic carbocycles. The zero-order valence-electron chi connectivity index (χ0n) is 33.0. The lowest BCUT2D eigenvalue weighted by atomic mass is 9.93. The van der Waals surface area contributed by atoms with E-state index in [1.54, 1.807) is 0 Å². The fraction of sp³-hybridized carbons (Fsp3) is 0. The van der Waals surface area contributed by atoms with Crippen LogP contribution in [0.5, 0.6) is 0 Å². The maximum atomic E-state index is 2.50. The maximum Gasteiger partial charge on any atom is 0.0562 e. The summed E-state index contributed by atoms with van der Waals surface area (Å²) in [5.74, 6) is 0. The van der Waals surface area contributed by atoms with Crippen molar-refractivity contribution in [1.29, 1.82) is 0 Å². The van der Waals surface area contributed by atoms with E-state index in [-0.39, 0.29) is 0 Å². The Bertz CT molecular complexity index is 3300. The van der Waals surface area contributed by atoms with E-state index >= 15 is 0 Å². The molecule has 0 atom stereocenters. The Balaban J connectivity index is 1.24. The third kappa shape index (κ3) is 6.14. The standard InChI is InChI=1S/C58H40N2/c1-5-19-41(20-6-1)46-34-37-55(52(39-46)43-23-9-3-10-24-43)59(56-38-33-44-25-13-14-29-49(44)58(56)45-26-11-4-12-27-45)47-35-36-51-50-30-16-18-32-54(50)60(57(51)40-47)53-31-17-15-28-48(53)42-21-7-2-8-22-42/h1-40H. The van der Waals surface area contributed by atoms with Crippen LogP contribution in [0, 0.1) is 0 Å². The van der Waals surface area contributed by atoms with E-state index in [2.05, 4.69) is 252 Å². The number of hydrogen-bond acceptors (Lipinski definition) is 1. The summed E-state index contributed by atoms with van der Waals surface area (Å²) >= 11 is 0. The highest BCUT2D eigenvalue weighted by molar-refractivity contribution is 6.12. The molecule has 0 spiro atoms. The normalized spacial score (nSPS) is 11.3. The van der Waals surface area contributed by atoms with Crippen molar-refractivity contribution in [3.63, 3.8) is 0 Å². The number of para-hydroxylation sites is 2. The lowest BCUT2D eigenvalue weighted by Crippen LogP contribution is -2.13. The highest BCUT2D eigenvalue weighted by Crippen LogP contribution is 2.49. The number of hydrogen-bond donors (Lipinski definition) is 0. The van der Waals surface area contributed by atoms with Gasteiger partial charge in [-0.3, -0.25) is 0 Å². The van der Waals surface area contributed by atoms with Gasteiger partial charge in [-0.2, -0.15) is 0 Å². The molecular weight excluding hydrogens is 725 g/mol. The Morgan fingerprint density at radius 2 is 0.850 bits per heavy atom. The second-order valence-electron chi connectivity index (χ2n) is 15.3. The molecule has 0 bridgehead atoms. The molecule has 0 unspecified atom stereocenters. The van der Waals surface area contributed by atoms with Gasteiger partial charge in [0, 0.05) is 33.2 Å². The van der Waals surface area contributed by atoms with Crippen molar-refractivity contribution in [3.8, 4) is 50.2 Å². The maximum absolute atomic E-state index is 2.50. The van der Waals surface area contributed by atoms with Crippen molar-refractivity contribution in [3.05, 3.63) is 243 Å². The van der Waals surface area contributed by atoms with Gasteiger partial charge in [-0.05, 0) is 81.1 Å². The minimum atomic E-state index is 1.07. The molecule has 0 aliphatic rings. The molecule has 10 aromatic carbocycles. The Morgan fingerprint density at radius 1 is 0.300 bits per heavy atom. The van der Waals surface area contributed by atoms with Gasteiger partial charge in [-0.25, -0.2) is 0 Å².